The minimum atomic E-state index is -0.187. The molecule has 0 spiro atoms. The van der Waals surface area contributed by atoms with Gasteiger partial charge in [0.1, 0.15) is 16.9 Å². The number of carbonyl (C=O) groups is 1. The van der Waals surface area contributed by atoms with Crippen LogP contribution in [0, 0.1) is 0 Å². The van der Waals surface area contributed by atoms with Crippen LogP contribution in [0.2, 0.25) is 10.0 Å². The van der Waals surface area contributed by atoms with Gasteiger partial charge in [-0.3, -0.25) is 4.79 Å². The molecule has 5 nitrogen and oxygen atoms in total. The van der Waals surface area contributed by atoms with Gasteiger partial charge < -0.3 is 0 Å². The van der Waals surface area contributed by atoms with Crippen molar-refractivity contribution >= 4 is 40.0 Å². The highest BCUT2D eigenvalue weighted by atomic mass is 35.5. The Bertz CT molecular complexity index is 1180. The van der Waals surface area contributed by atoms with E-state index in [1.165, 1.54) is 0 Å². The number of benzene rings is 2. The summed E-state index contributed by atoms with van der Waals surface area (Å²) in [6, 6.07) is 12.3. The summed E-state index contributed by atoms with van der Waals surface area (Å²) >= 11 is 12.0. The molecule has 0 radical (unpaired) electrons. The Morgan fingerprint density at radius 2 is 1.52 bits per heavy atom. The average molecular weight is 368 g/mol. The number of hydrogen-bond donors (Lipinski definition) is 0. The summed E-state index contributed by atoms with van der Waals surface area (Å²) in [4.78, 5) is 17.4. The maximum Gasteiger partial charge on any atom is 0.212 e. The van der Waals surface area contributed by atoms with Crippen LogP contribution in [0.3, 0.4) is 0 Å². The number of hydrogen-bond acceptors (Lipinski definition) is 5. The number of aromatic nitrogens is 3. The van der Waals surface area contributed by atoms with Crippen molar-refractivity contribution < 1.29 is 9.42 Å². The smallest absolute Gasteiger partial charge is 0.212 e. The van der Waals surface area contributed by atoms with E-state index in [9.17, 15) is 4.79 Å². The molecule has 7 heteroatoms. The van der Waals surface area contributed by atoms with E-state index >= 15 is 0 Å². The molecule has 0 unspecified atom stereocenters. The van der Waals surface area contributed by atoms with Crippen molar-refractivity contribution in [3.8, 4) is 22.4 Å². The third-order valence-corrected chi connectivity index (χ3v) is 4.73. The zero-order valence-corrected chi connectivity index (χ0v) is 14.0. The second kappa shape index (κ2) is 5.12. The van der Waals surface area contributed by atoms with E-state index in [1.807, 2.05) is 12.1 Å². The first-order chi connectivity index (χ1) is 12.1. The van der Waals surface area contributed by atoms with Crippen molar-refractivity contribution in [2.24, 2.45) is 0 Å². The van der Waals surface area contributed by atoms with Gasteiger partial charge in [-0.15, -0.1) is 0 Å². The lowest BCUT2D eigenvalue weighted by Crippen LogP contribution is -2.00. The van der Waals surface area contributed by atoms with Gasteiger partial charge in [0.2, 0.25) is 5.78 Å². The van der Waals surface area contributed by atoms with E-state index in [-0.39, 0.29) is 5.78 Å². The minimum absolute atomic E-state index is 0.187. The Kier molecular flexibility index (Phi) is 2.98. The van der Waals surface area contributed by atoms with Crippen LogP contribution in [-0.4, -0.2) is 21.1 Å². The van der Waals surface area contributed by atoms with Crippen LogP contribution >= 0.6 is 23.2 Å². The summed E-state index contributed by atoms with van der Waals surface area (Å²) in [5.41, 5.74) is 4.50. The van der Waals surface area contributed by atoms with Crippen molar-refractivity contribution in [1.29, 1.82) is 0 Å². The van der Waals surface area contributed by atoms with E-state index in [0.717, 1.165) is 11.1 Å². The van der Waals surface area contributed by atoms with Gasteiger partial charge in [0.05, 0.1) is 0 Å². The second-order valence-electron chi connectivity index (χ2n) is 5.67. The van der Waals surface area contributed by atoms with Gasteiger partial charge in [0.15, 0.2) is 5.52 Å². The number of rotatable bonds is 1. The molecule has 2 heterocycles. The Balaban J connectivity index is 1.86. The van der Waals surface area contributed by atoms with Crippen molar-refractivity contribution in [3.63, 3.8) is 0 Å². The largest absolute Gasteiger partial charge is 0.287 e. The topological polar surface area (TPSA) is 68.9 Å². The molecule has 4 aromatic rings. The number of carbonyl (C=O) groups excluding carboxylic acids is 1. The molecule has 2 aromatic carbocycles. The number of ketones is 1. The number of fused-ring (bicyclic) bond motifs is 5. The SMILES string of the molecule is O=C1c2cc(Cl)ccc2-c2c1nc(-c1ccc(Cl)cc1)c1nonc21. The Morgan fingerprint density at radius 3 is 2.32 bits per heavy atom. The monoisotopic (exact) mass is 367 g/mol. The van der Waals surface area contributed by atoms with E-state index in [1.54, 1.807) is 30.3 Å². The van der Waals surface area contributed by atoms with E-state index in [0.29, 0.717) is 43.6 Å². The van der Waals surface area contributed by atoms with Crippen LogP contribution in [0.25, 0.3) is 33.4 Å². The number of nitrogens with zero attached hydrogens (tertiary/aromatic N) is 3. The summed E-state index contributed by atoms with van der Waals surface area (Å²) in [6.45, 7) is 0. The van der Waals surface area contributed by atoms with E-state index in [4.69, 9.17) is 27.8 Å². The van der Waals surface area contributed by atoms with Crippen LogP contribution < -0.4 is 0 Å². The van der Waals surface area contributed by atoms with Gasteiger partial charge in [0, 0.05) is 26.7 Å². The van der Waals surface area contributed by atoms with Crippen molar-refractivity contribution in [2.45, 2.75) is 0 Å². The Hall–Kier alpha value is -2.76. The summed E-state index contributed by atoms with van der Waals surface area (Å²) in [5, 5.41) is 9.11. The first-order valence-electron chi connectivity index (χ1n) is 7.40. The second-order valence-corrected chi connectivity index (χ2v) is 6.54. The van der Waals surface area contributed by atoms with Crippen molar-refractivity contribution in [2.75, 3.05) is 0 Å². The maximum atomic E-state index is 12.8. The highest BCUT2D eigenvalue weighted by Crippen LogP contribution is 2.42. The van der Waals surface area contributed by atoms with Gasteiger partial charge in [-0.25, -0.2) is 9.61 Å². The predicted molar refractivity (Wildman–Crippen MR) is 93.9 cm³/mol. The van der Waals surface area contributed by atoms with Gasteiger partial charge in [-0.2, -0.15) is 0 Å². The Morgan fingerprint density at radius 1 is 0.800 bits per heavy atom. The zero-order valence-electron chi connectivity index (χ0n) is 12.5. The highest BCUT2D eigenvalue weighted by molar-refractivity contribution is 6.33. The molecule has 0 amide bonds. The lowest BCUT2D eigenvalue weighted by atomic mass is 10.0. The summed E-state index contributed by atoms with van der Waals surface area (Å²) in [5.74, 6) is -0.187. The van der Waals surface area contributed by atoms with Crippen LogP contribution in [0.15, 0.2) is 47.1 Å². The van der Waals surface area contributed by atoms with E-state index in [2.05, 4.69) is 15.3 Å². The van der Waals surface area contributed by atoms with Gasteiger partial charge >= 0.3 is 0 Å². The molecule has 2 aromatic heterocycles. The maximum absolute atomic E-state index is 12.8. The third kappa shape index (κ3) is 2.03. The molecular weight excluding hydrogens is 361 g/mol. The molecule has 0 atom stereocenters. The molecule has 5 rings (SSSR count). The summed E-state index contributed by atoms with van der Waals surface area (Å²) in [6.07, 6.45) is 0. The molecule has 0 saturated heterocycles. The Labute approximate surface area is 151 Å². The molecule has 1 aliphatic rings. The zero-order chi connectivity index (χ0) is 17.1. The number of halogens is 2. The number of pyridine rings is 1. The van der Waals surface area contributed by atoms with Crippen molar-refractivity contribution in [1.82, 2.24) is 15.3 Å². The molecule has 0 bridgehead atoms. The van der Waals surface area contributed by atoms with Crippen LogP contribution in [0.1, 0.15) is 16.1 Å². The van der Waals surface area contributed by atoms with Crippen LogP contribution in [-0.2, 0) is 0 Å². The van der Waals surface area contributed by atoms with Crippen LogP contribution in [0.5, 0.6) is 0 Å². The highest BCUT2D eigenvalue weighted by Gasteiger charge is 2.33. The lowest BCUT2D eigenvalue weighted by molar-refractivity contribution is 0.103. The predicted octanol–water partition coefficient (Wildman–Crippen LogP) is 4.80. The third-order valence-electron chi connectivity index (χ3n) is 4.24. The van der Waals surface area contributed by atoms with Gasteiger partial charge in [-0.1, -0.05) is 41.4 Å². The lowest BCUT2D eigenvalue weighted by Gasteiger charge is -2.05. The fourth-order valence-corrected chi connectivity index (χ4v) is 3.42. The molecule has 0 aliphatic heterocycles. The van der Waals surface area contributed by atoms with Gasteiger partial charge in [0.25, 0.3) is 0 Å². The quantitative estimate of drug-likeness (QED) is 0.425. The molecule has 0 saturated carbocycles. The molecule has 1 aliphatic carbocycles. The standard InChI is InChI=1S/C18H7Cl2N3O2/c19-9-3-1-8(2-4-9)14-17-15(22-25-23-17)13-11-6-5-10(20)7-12(11)18(24)16(13)21-14/h1-7H. The minimum Gasteiger partial charge on any atom is -0.287 e. The summed E-state index contributed by atoms with van der Waals surface area (Å²) in [7, 11) is 0. The molecule has 25 heavy (non-hydrogen) atoms. The van der Waals surface area contributed by atoms with Gasteiger partial charge in [-0.05, 0) is 40.1 Å². The fourth-order valence-electron chi connectivity index (χ4n) is 3.12. The first kappa shape index (κ1) is 14.6. The molecular formula is C18H7Cl2N3O2. The molecule has 0 N–H and O–H groups in total. The van der Waals surface area contributed by atoms with Crippen molar-refractivity contribution in [3.05, 3.63) is 63.8 Å². The normalized spacial score (nSPS) is 12.5. The van der Waals surface area contributed by atoms with Crippen LogP contribution in [0.4, 0.5) is 0 Å². The van der Waals surface area contributed by atoms with E-state index < -0.39 is 0 Å². The fraction of sp³-hybridized carbons (Fsp3) is 0. The average Bonchev–Trinajstić information content (AvgIpc) is 3.19. The molecule has 0 fully saturated rings. The summed E-state index contributed by atoms with van der Waals surface area (Å²) < 4.78 is 4.95. The first-order valence-corrected chi connectivity index (χ1v) is 8.16. The molecule has 120 valence electrons.